The van der Waals surface area contributed by atoms with E-state index < -0.39 is 5.97 Å². The number of benzene rings is 3. The number of Topliss-reactive ketones (excluding diaryl/α,β-unsaturated/α-hetero) is 1. The zero-order valence-electron chi connectivity index (χ0n) is 15.0. The summed E-state index contributed by atoms with van der Waals surface area (Å²) < 4.78 is 5.94. The first kappa shape index (κ1) is 20.8. The molecule has 0 aliphatic heterocycles. The number of rotatable bonds is 6. The highest BCUT2D eigenvalue weighted by atomic mass is 79.9. The van der Waals surface area contributed by atoms with E-state index in [9.17, 15) is 14.4 Å². The standard InChI is InChI=1S/C22H15BrClNO4/c23-17-7-1-15(2-8-17)21(27)25-19-11-5-16(6-12-19)22(28)29-13-20(26)14-3-9-18(24)10-4-14/h1-12H,13H2,(H,25,27). The average molecular weight is 473 g/mol. The Hall–Kier alpha value is -2.96. The molecule has 0 aromatic heterocycles. The lowest BCUT2D eigenvalue weighted by Crippen LogP contribution is -2.14. The molecule has 0 saturated carbocycles. The lowest BCUT2D eigenvalue weighted by molar-refractivity contribution is 0.0475. The van der Waals surface area contributed by atoms with Gasteiger partial charge in [0.05, 0.1) is 5.56 Å². The van der Waals surface area contributed by atoms with Crippen LogP contribution in [-0.4, -0.2) is 24.3 Å². The van der Waals surface area contributed by atoms with Crippen molar-refractivity contribution in [2.45, 2.75) is 0 Å². The van der Waals surface area contributed by atoms with Crippen LogP contribution in [0.2, 0.25) is 5.02 Å². The first-order chi connectivity index (χ1) is 13.9. The van der Waals surface area contributed by atoms with Crippen LogP contribution in [0.5, 0.6) is 0 Å². The normalized spacial score (nSPS) is 10.3. The maximum atomic E-state index is 12.2. The minimum Gasteiger partial charge on any atom is -0.454 e. The van der Waals surface area contributed by atoms with Crippen LogP contribution in [0.3, 0.4) is 0 Å². The molecule has 29 heavy (non-hydrogen) atoms. The Morgan fingerprint density at radius 3 is 1.97 bits per heavy atom. The number of hydrogen-bond donors (Lipinski definition) is 1. The van der Waals surface area contributed by atoms with E-state index in [0.717, 1.165) is 4.47 Å². The highest BCUT2D eigenvalue weighted by Gasteiger charge is 2.12. The van der Waals surface area contributed by atoms with Crippen molar-refractivity contribution in [1.29, 1.82) is 0 Å². The molecule has 0 unspecified atom stereocenters. The van der Waals surface area contributed by atoms with E-state index in [0.29, 0.717) is 21.8 Å². The Morgan fingerprint density at radius 1 is 0.793 bits per heavy atom. The molecular weight excluding hydrogens is 458 g/mol. The molecule has 0 radical (unpaired) electrons. The number of nitrogens with one attached hydrogen (secondary N) is 1. The van der Waals surface area contributed by atoms with E-state index >= 15 is 0 Å². The van der Waals surface area contributed by atoms with E-state index in [4.69, 9.17) is 16.3 Å². The molecule has 0 heterocycles. The monoisotopic (exact) mass is 471 g/mol. The number of anilines is 1. The van der Waals surface area contributed by atoms with Crippen LogP contribution in [-0.2, 0) is 4.74 Å². The number of ether oxygens (including phenoxy) is 1. The highest BCUT2D eigenvalue weighted by molar-refractivity contribution is 9.10. The lowest BCUT2D eigenvalue weighted by Gasteiger charge is -2.07. The number of ketones is 1. The first-order valence-electron chi connectivity index (χ1n) is 8.55. The molecule has 0 aliphatic rings. The van der Waals surface area contributed by atoms with Crippen LogP contribution in [0.4, 0.5) is 5.69 Å². The topological polar surface area (TPSA) is 72.5 Å². The molecule has 7 heteroatoms. The summed E-state index contributed by atoms with van der Waals surface area (Å²) in [6.07, 6.45) is 0. The number of amides is 1. The SMILES string of the molecule is O=C(COC(=O)c1ccc(NC(=O)c2ccc(Br)cc2)cc1)c1ccc(Cl)cc1. The van der Waals surface area contributed by atoms with E-state index in [1.54, 1.807) is 60.7 Å². The second-order valence-electron chi connectivity index (χ2n) is 6.04. The van der Waals surface area contributed by atoms with Gasteiger partial charge >= 0.3 is 5.97 Å². The molecule has 1 amide bonds. The van der Waals surface area contributed by atoms with Gasteiger partial charge in [-0.2, -0.15) is 0 Å². The molecule has 146 valence electrons. The summed E-state index contributed by atoms with van der Waals surface area (Å²) in [5, 5.41) is 3.27. The number of halogens is 2. The number of carbonyl (C=O) groups is 3. The van der Waals surface area contributed by atoms with Gasteiger partial charge in [0, 0.05) is 26.3 Å². The quantitative estimate of drug-likeness (QED) is 0.385. The van der Waals surface area contributed by atoms with Crippen molar-refractivity contribution >= 4 is 50.9 Å². The fourth-order valence-corrected chi connectivity index (χ4v) is 2.82. The van der Waals surface area contributed by atoms with E-state index in [1.165, 1.54) is 12.1 Å². The third-order valence-corrected chi connectivity index (χ3v) is 4.77. The fourth-order valence-electron chi connectivity index (χ4n) is 2.43. The molecule has 5 nitrogen and oxygen atoms in total. The van der Waals surface area contributed by atoms with Gasteiger partial charge in [0.1, 0.15) is 0 Å². The Kier molecular flexibility index (Phi) is 6.80. The summed E-state index contributed by atoms with van der Waals surface area (Å²) in [5.74, 6) is -1.21. The first-order valence-corrected chi connectivity index (χ1v) is 9.72. The molecular formula is C22H15BrClNO4. The summed E-state index contributed by atoms with van der Waals surface area (Å²) in [7, 11) is 0. The van der Waals surface area contributed by atoms with Gasteiger partial charge in [0.2, 0.25) is 0 Å². The summed E-state index contributed by atoms with van der Waals surface area (Å²) in [4.78, 5) is 36.4. The van der Waals surface area contributed by atoms with Crippen molar-refractivity contribution in [2.24, 2.45) is 0 Å². The zero-order valence-corrected chi connectivity index (χ0v) is 17.4. The molecule has 0 atom stereocenters. The van der Waals surface area contributed by atoms with E-state index in [-0.39, 0.29) is 23.9 Å². The number of carbonyl (C=O) groups excluding carboxylic acids is 3. The number of hydrogen-bond acceptors (Lipinski definition) is 4. The number of esters is 1. The van der Waals surface area contributed by atoms with Crippen molar-refractivity contribution < 1.29 is 19.1 Å². The molecule has 0 saturated heterocycles. The summed E-state index contributed by atoms with van der Waals surface area (Å²) in [6, 6.07) is 19.5. The second-order valence-corrected chi connectivity index (χ2v) is 7.40. The molecule has 0 bridgehead atoms. The second kappa shape index (κ2) is 9.49. The predicted octanol–water partition coefficient (Wildman–Crippen LogP) is 5.39. The Bertz CT molecular complexity index is 1030. The summed E-state index contributed by atoms with van der Waals surface area (Å²) in [5.41, 5.74) is 1.73. The fraction of sp³-hybridized carbons (Fsp3) is 0.0455. The van der Waals surface area contributed by atoms with E-state index in [2.05, 4.69) is 21.2 Å². The average Bonchev–Trinajstić information content (AvgIpc) is 2.73. The van der Waals surface area contributed by atoms with Gasteiger partial charge in [0.25, 0.3) is 5.91 Å². The van der Waals surface area contributed by atoms with Gasteiger partial charge in [-0.3, -0.25) is 9.59 Å². The maximum absolute atomic E-state index is 12.2. The summed E-state index contributed by atoms with van der Waals surface area (Å²) in [6.45, 7) is -0.373. The van der Waals surface area contributed by atoms with Gasteiger partial charge in [0.15, 0.2) is 12.4 Å². The largest absolute Gasteiger partial charge is 0.454 e. The van der Waals surface area contributed by atoms with Crippen LogP contribution in [0.15, 0.2) is 77.3 Å². The van der Waals surface area contributed by atoms with E-state index in [1.807, 2.05) is 0 Å². The molecule has 3 aromatic carbocycles. The van der Waals surface area contributed by atoms with Crippen molar-refractivity contribution in [3.05, 3.63) is 99.0 Å². The van der Waals surface area contributed by atoms with Crippen LogP contribution in [0.25, 0.3) is 0 Å². The van der Waals surface area contributed by atoms with Crippen LogP contribution in [0.1, 0.15) is 31.1 Å². The smallest absolute Gasteiger partial charge is 0.338 e. The molecule has 1 N–H and O–H groups in total. The molecule has 3 aromatic rings. The predicted molar refractivity (Wildman–Crippen MR) is 115 cm³/mol. The highest BCUT2D eigenvalue weighted by Crippen LogP contribution is 2.15. The molecule has 0 fully saturated rings. The van der Waals surface area contributed by atoms with Gasteiger partial charge in [-0.25, -0.2) is 4.79 Å². The van der Waals surface area contributed by atoms with Crippen molar-refractivity contribution in [2.75, 3.05) is 11.9 Å². The van der Waals surface area contributed by atoms with Crippen LogP contribution in [0, 0.1) is 0 Å². The molecule has 0 aliphatic carbocycles. The summed E-state index contributed by atoms with van der Waals surface area (Å²) >= 11 is 9.10. The van der Waals surface area contributed by atoms with Crippen molar-refractivity contribution in [3.8, 4) is 0 Å². The minimum absolute atomic E-state index is 0.263. The van der Waals surface area contributed by atoms with Crippen molar-refractivity contribution in [1.82, 2.24) is 0 Å². The van der Waals surface area contributed by atoms with Gasteiger partial charge in [-0.15, -0.1) is 0 Å². The van der Waals surface area contributed by atoms with Crippen LogP contribution < -0.4 is 5.32 Å². The Balaban J connectivity index is 1.55. The lowest BCUT2D eigenvalue weighted by atomic mass is 10.1. The Morgan fingerprint density at radius 2 is 1.34 bits per heavy atom. The third kappa shape index (κ3) is 5.76. The van der Waals surface area contributed by atoms with Gasteiger partial charge in [-0.05, 0) is 72.8 Å². The Labute approximate surface area is 180 Å². The molecule has 0 spiro atoms. The minimum atomic E-state index is -0.627. The zero-order chi connectivity index (χ0) is 20.8. The van der Waals surface area contributed by atoms with Crippen LogP contribution >= 0.6 is 27.5 Å². The van der Waals surface area contributed by atoms with Gasteiger partial charge < -0.3 is 10.1 Å². The van der Waals surface area contributed by atoms with Crippen molar-refractivity contribution in [3.63, 3.8) is 0 Å². The van der Waals surface area contributed by atoms with Gasteiger partial charge in [-0.1, -0.05) is 27.5 Å². The maximum Gasteiger partial charge on any atom is 0.338 e. The third-order valence-electron chi connectivity index (χ3n) is 3.99. The molecule has 3 rings (SSSR count).